The van der Waals surface area contributed by atoms with E-state index < -0.39 is 5.82 Å². The molecule has 2 amide bonds. The third-order valence-corrected chi connectivity index (χ3v) is 4.26. The Morgan fingerprint density at radius 1 is 1.22 bits per heavy atom. The predicted octanol–water partition coefficient (Wildman–Crippen LogP) is 4.26. The number of carbonyl (C=O) groups is 2. The minimum absolute atomic E-state index is 0.0248. The summed E-state index contributed by atoms with van der Waals surface area (Å²) >= 11 is 5.89. The van der Waals surface area contributed by atoms with E-state index in [2.05, 4.69) is 5.32 Å². The summed E-state index contributed by atoms with van der Waals surface area (Å²) in [5.74, 6) is -0.380. The molecule has 2 aromatic rings. The first-order valence-corrected chi connectivity index (χ1v) is 8.99. The Balaban J connectivity index is 1.92. The van der Waals surface area contributed by atoms with Gasteiger partial charge in [0.15, 0.2) is 0 Å². The van der Waals surface area contributed by atoms with E-state index in [0.717, 1.165) is 11.6 Å². The number of carbonyl (C=O) groups excluding carboxylic acids is 2. The summed E-state index contributed by atoms with van der Waals surface area (Å²) in [7, 11) is 0. The number of para-hydroxylation sites is 1. The molecule has 2 aromatic carbocycles. The van der Waals surface area contributed by atoms with Gasteiger partial charge in [0.1, 0.15) is 11.6 Å². The molecule has 0 aliphatic carbocycles. The second-order valence-corrected chi connectivity index (χ2v) is 6.32. The molecule has 0 aliphatic rings. The van der Waals surface area contributed by atoms with E-state index in [1.165, 1.54) is 19.1 Å². The van der Waals surface area contributed by atoms with Crippen LogP contribution >= 0.6 is 11.6 Å². The van der Waals surface area contributed by atoms with Gasteiger partial charge in [-0.2, -0.15) is 0 Å². The van der Waals surface area contributed by atoms with Gasteiger partial charge in [-0.3, -0.25) is 9.59 Å². The van der Waals surface area contributed by atoms with Crippen LogP contribution in [0.1, 0.15) is 25.8 Å². The molecule has 0 fully saturated rings. The summed E-state index contributed by atoms with van der Waals surface area (Å²) in [6.45, 7) is 4.53. The quantitative estimate of drug-likeness (QED) is 0.730. The van der Waals surface area contributed by atoms with Crippen LogP contribution < -0.4 is 10.1 Å². The van der Waals surface area contributed by atoms with Crippen molar-refractivity contribution in [3.8, 4) is 5.75 Å². The van der Waals surface area contributed by atoms with E-state index in [4.69, 9.17) is 16.3 Å². The highest BCUT2D eigenvalue weighted by Gasteiger charge is 2.12. The van der Waals surface area contributed by atoms with E-state index in [0.29, 0.717) is 24.5 Å². The number of nitrogens with zero attached hydrogens (tertiary/aromatic N) is 1. The van der Waals surface area contributed by atoms with Gasteiger partial charge < -0.3 is 15.0 Å². The maximum atomic E-state index is 13.0. The SMILES string of the molecule is CCN(Cc1ccccc1NC(=O)CCOc1ccc(F)cc1Cl)C(C)=O. The molecule has 0 aromatic heterocycles. The number of anilines is 1. The van der Waals surface area contributed by atoms with Gasteiger partial charge in [0.2, 0.25) is 11.8 Å². The largest absolute Gasteiger partial charge is 0.491 e. The first-order chi connectivity index (χ1) is 12.9. The predicted molar refractivity (Wildman–Crippen MR) is 103 cm³/mol. The van der Waals surface area contributed by atoms with Crippen molar-refractivity contribution in [2.75, 3.05) is 18.5 Å². The van der Waals surface area contributed by atoms with Gasteiger partial charge in [-0.1, -0.05) is 29.8 Å². The first-order valence-electron chi connectivity index (χ1n) is 8.61. The summed E-state index contributed by atoms with van der Waals surface area (Å²) in [6, 6.07) is 11.2. The van der Waals surface area contributed by atoms with Gasteiger partial charge in [0.05, 0.1) is 18.1 Å². The molecule has 0 saturated carbocycles. The molecule has 0 unspecified atom stereocenters. The minimum Gasteiger partial charge on any atom is -0.491 e. The summed E-state index contributed by atoms with van der Waals surface area (Å²) in [5.41, 5.74) is 1.51. The van der Waals surface area contributed by atoms with Crippen LogP contribution in [-0.4, -0.2) is 29.9 Å². The monoisotopic (exact) mass is 392 g/mol. The lowest BCUT2D eigenvalue weighted by molar-refractivity contribution is -0.129. The average Bonchev–Trinajstić information content (AvgIpc) is 2.62. The van der Waals surface area contributed by atoms with Crippen molar-refractivity contribution >= 4 is 29.1 Å². The molecule has 0 spiro atoms. The number of hydrogen-bond acceptors (Lipinski definition) is 3. The summed E-state index contributed by atoms with van der Waals surface area (Å²) in [5, 5.41) is 3.00. The average molecular weight is 393 g/mol. The zero-order chi connectivity index (χ0) is 19.8. The smallest absolute Gasteiger partial charge is 0.227 e. The first kappa shape index (κ1) is 20.7. The second-order valence-electron chi connectivity index (χ2n) is 5.91. The van der Waals surface area contributed by atoms with E-state index in [-0.39, 0.29) is 29.9 Å². The summed E-state index contributed by atoms with van der Waals surface area (Å²) in [6.07, 6.45) is 0.103. The molecule has 2 rings (SSSR count). The molecular weight excluding hydrogens is 371 g/mol. The highest BCUT2D eigenvalue weighted by atomic mass is 35.5. The van der Waals surface area contributed by atoms with Crippen LogP contribution in [0.3, 0.4) is 0 Å². The van der Waals surface area contributed by atoms with Crippen molar-refractivity contribution < 1.29 is 18.7 Å². The number of amides is 2. The number of halogens is 2. The number of rotatable bonds is 8. The molecule has 0 heterocycles. The molecule has 7 heteroatoms. The zero-order valence-corrected chi connectivity index (χ0v) is 16.1. The molecule has 0 saturated heterocycles. The van der Waals surface area contributed by atoms with E-state index >= 15 is 0 Å². The van der Waals surface area contributed by atoms with Crippen LogP contribution in [0.5, 0.6) is 5.75 Å². The molecule has 5 nitrogen and oxygen atoms in total. The van der Waals surface area contributed by atoms with Gasteiger partial charge in [-0.25, -0.2) is 4.39 Å². The van der Waals surface area contributed by atoms with Crippen molar-refractivity contribution in [1.82, 2.24) is 4.90 Å². The van der Waals surface area contributed by atoms with E-state index in [1.807, 2.05) is 25.1 Å². The number of benzene rings is 2. The van der Waals surface area contributed by atoms with Crippen LogP contribution in [0.25, 0.3) is 0 Å². The van der Waals surface area contributed by atoms with Gasteiger partial charge in [-0.05, 0) is 36.8 Å². The van der Waals surface area contributed by atoms with Gasteiger partial charge >= 0.3 is 0 Å². The van der Waals surface area contributed by atoms with Crippen LogP contribution in [0.15, 0.2) is 42.5 Å². The van der Waals surface area contributed by atoms with Crippen LogP contribution in [-0.2, 0) is 16.1 Å². The number of nitrogens with one attached hydrogen (secondary N) is 1. The van der Waals surface area contributed by atoms with E-state index in [1.54, 1.807) is 11.0 Å². The van der Waals surface area contributed by atoms with Gasteiger partial charge in [0.25, 0.3) is 0 Å². The topological polar surface area (TPSA) is 58.6 Å². The Labute approximate surface area is 163 Å². The Morgan fingerprint density at radius 2 is 1.96 bits per heavy atom. The molecular formula is C20H22ClFN2O3. The fourth-order valence-electron chi connectivity index (χ4n) is 2.49. The van der Waals surface area contributed by atoms with Crippen molar-refractivity contribution in [2.45, 2.75) is 26.8 Å². The normalized spacial score (nSPS) is 10.4. The number of hydrogen-bond donors (Lipinski definition) is 1. The maximum Gasteiger partial charge on any atom is 0.227 e. The Kier molecular flexibility index (Phi) is 7.61. The Morgan fingerprint density at radius 3 is 2.63 bits per heavy atom. The Hall–Kier alpha value is -2.60. The molecule has 0 radical (unpaired) electrons. The third kappa shape index (κ3) is 6.25. The maximum absolute atomic E-state index is 13.0. The van der Waals surface area contributed by atoms with E-state index in [9.17, 15) is 14.0 Å². The summed E-state index contributed by atoms with van der Waals surface area (Å²) in [4.78, 5) is 25.5. The Bertz CT molecular complexity index is 814. The highest BCUT2D eigenvalue weighted by Crippen LogP contribution is 2.25. The molecule has 0 atom stereocenters. The van der Waals surface area contributed by atoms with Crippen LogP contribution in [0.4, 0.5) is 10.1 Å². The van der Waals surface area contributed by atoms with Crippen LogP contribution in [0.2, 0.25) is 5.02 Å². The third-order valence-electron chi connectivity index (χ3n) is 3.96. The lowest BCUT2D eigenvalue weighted by Crippen LogP contribution is -2.28. The zero-order valence-electron chi connectivity index (χ0n) is 15.3. The van der Waals surface area contributed by atoms with Crippen molar-refractivity contribution in [3.63, 3.8) is 0 Å². The molecule has 0 aliphatic heterocycles. The minimum atomic E-state index is -0.451. The highest BCUT2D eigenvalue weighted by molar-refractivity contribution is 6.32. The van der Waals surface area contributed by atoms with Crippen molar-refractivity contribution in [1.29, 1.82) is 0 Å². The standard InChI is InChI=1S/C20H22ClFN2O3/c1-3-24(14(2)25)13-15-6-4-5-7-18(15)23-20(26)10-11-27-19-9-8-16(22)12-17(19)21/h4-9,12H,3,10-11,13H2,1-2H3,(H,23,26). The van der Waals surface area contributed by atoms with Gasteiger partial charge in [0, 0.05) is 25.7 Å². The van der Waals surface area contributed by atoms with Crippen LogP contribution in [0, 0.1) is 5.82 Å². The molecule has 0 bridgehead atoms. The molecule has 1 N–H and O–H groups in total. The fourth-order valence-corrected chi connectivity index (χ4v) is 2.71. The van der Waals surface area contributed by atoms with Crippen molar-refractivity contribution in [3.05, 3.63) is 58.9 Å². The number of ether oxygens (including phenoxy) is 1. The molecule has 144 valence electrons. The lowest BCUT2D eigenvalue weighted by atomic mass is 10.1. The fraction of sp³-hybridized carbons (Fsp3) is 0.300. The second kappa shape index (κ2) is 9.92. The van der Waals surface area contributed by atoms with Gasteiger partial charge in [-0.15, -0.1) is 0 Å². The lowest BCUT2D eigenvalue weighted by Gasteiger charge is -2.21. The van der Waals surface area contributed by atoms with Crippen molar-refractivity contribution in [2.24, 2.45) is 0 Å². The molecule has 27 heavy (non-hydrogen) atoms. The summed E-state index contributed by atoms with van der Waals surface area (Å²) < 4.78 is 18.4.